The predicted molar refractivity (Wildman–Crippen MR) is 112 cm³/mol. The Morgan fingerprint density at radius 1 is 1.14 bits per heavy atom. The zero-order valence-electron chi connectivity index (χ0n) is 18.8. The van der Waals surface area contributed by atoms with Gasteiger partial charge < -0.3 is 9.84 Å². The molecule has 0 unspecified atom stereocenters. The number of methoxy groups -OCH3 is 1. The SMILES string of the molecule is COC(=O)CC[C@@H](C)[C@H]1CC[C@H]2[C@H]3C(=O)C[C@H]4C[C@H](O)CC[C@]4(C)[C@@H]3CC[C@@]12C. The van der Waals surface area contributed by atoms with Gasteiger partial charge in [-0.15, -0.1) is 0 Å². The van der Waals surface area contributed by atoms with E-state index >= 15 is 0 Å². The Labute approximate surface area is 176 Å². The lowest BCUT2D eigenvalue weighted by Gasteiger charge is -2.60. The predicted octanol–water partition coefficient (Wildman–Crippen LogP) is 4.77. The van der Waals surface area contributed by atoms with Crippen LogP contribution in [0.1, 0.15) is 85.0 Å². The molecule has 4 heteroatoms. The van der Waals surface area contributed by atoms with Crippen molar-refractivity contribution in [1.82, 2.24) is 0 Å². The van der Waals surface area contributed by atoms with Gasteiger partial charge in [-0.1, -0.05) is 20.8 Å². The van der Waals surface area contributed by atoms with Crippen LogP contribution in [0.3, 0.4) is 0 Å². The van der Waals surface area contributed by atoms with Gasteiger partial charge >= 0.3 is 5.97 Å². The fourth-order valence-corrected chi connectivity index (χ4v) is 8.53. The minimum absolute atomic E-state index is 0.110. The standard InChI is InChI=1S/C25H40O4/c1-15(5-8-22(28)29-4)18-6-7-19-23-20(10-12-25(18,19)3)24(2)11-9-17(26)13-16(24)14-21(23)27/h15-20,23,26H,5-14H2,1-4H3/t15-,16-,17-,18-,19+,20-,23-,24+,25+/m1/s1. The molecule has 0 saturated heterocycles. The Morgan fingerprint density at radius 2 is 1.83 bits per heavy atom. The highest BCUT2D eigenvalue weighted by molar-refractivity contribution is 5.83. The summed E-state index contributed by atoms with van der Waals surface area (Å²) < 4.78 is 4.85. The molecule has 4 saturated carbocycles. The molecule has 164 valence electrons. The van der Waals surface area contributed by atoms with Crippen molar-refractivity contribution >= 4 is 11.8 Å². The number of rotatable bonds is 4. The maximum Gasteiger partial charge on any atom is 0.305 e. The highest BCUT2D eigenvalue weighted by Crippen LogP contribution is 2.67. The number of ketones is 1. The highest BCUT2D eigenvalue weighted by Gasteiger charge is 2.62. The van der Waals surface area contributed by atoms with E-state index < -0.39 is 0 Å². The topological polar surface area (TPSA) is 63.6 Å². The number of fused-ring (bicyclic) bond motifs is 5. The van der Waals surface area contributed by atoms with E-state index in [1.807, 2.05) is 0 Å². The normalized spacial score (nSPS) is 47.7. The molecule has 0 aromatic rings. The molecule has 9 atom stereocenters. The quantitative estimate of drug-likeness (QED) is 0.685. The van der Waals surface area contributed by atoms with Crippen molar-refractivity contribution < 1.29 is 19.4 Å². The highest BCUT2D eigenvalue weighted by atomic mass is 16.5. The van der Waals surface area contributed by atoms with Crippen LogP contribution in [0.15, 0.2) is 0 Å². The largest absolute Gasteiger partial charge is 0.469 e. The smallest absolute Gasteiger partial charge is 0.305 e. The molecule has 0 bridgehead atoms. The van der Waals surface area contributed by atoms with Gasteiger partial charge in [0.2, 0.25) is 0 Å². The van der Waals surface area contributed by atoms with Crippen molar-refractivity contribution in [3.63, 3.8) is 0 Å². The van der Waals surface area contributed by atoms with E-state index in [2.05, 4.69) is 20.8 Å². The second-order valence-electron chi connectivity index (χ2n) is 11.4. The lowest BCUT2D eigenvalue weighted by molar-refractivity contribution is -0.160. The van der Waals surface area contributed by atoms with E-state index in [1.165, 1.54) is 26.4 Å². The molecule has 4 rings (SSSR count). The fraction of sp³-hybridized carbons (Fsp3) is 0.920. The van der Waals surface area contributed by atoms with Crippen molar-refractivity contribution in [2.75, 3.05) is 7.11 Å². The average molecular weight is 405 g/mol. The van der Waals surface area contributed by atoms with Gasteiger partial charge in [0.15, 0.2) is 0 Å². The molecule has 0 amide bonds. The summed E-state index contributed by atoms with van der Waals surface area (Å²) in [5, 5.41) is 10.2. The monoisotopic (exact) mass is 404 g/mol. The van der Waals surface area contributed by atoms with Crippen molar-refractivity contribution in [2.45, 2.75) is 91.1 Å². The van der Waals surface area contributed by atoms with Gasteiger partial charge in [-0.05, 0) is 91.8 Å². The molecule has 0 radical (unpaired) electrons. The molecular formula is C25H40O4. The summed E-state index contributed by atoms with van der Waals surface area (Å²) >= 11 is 0. The van der Waals surface area contributed by atoms with Gasteiger partial charge in [0.1, 0.15) is 5.78 Å². The van der Waals surface area contributed by atoms with Crippen LogP contribution < -0.4 is 0 Å². The summed E-state index contributed by atoms with van der Waals surface area (Å²) in [4.78, 5) is 25.0. The summed E-state index contributed by atoms with van der Waals surface area (Å²) in [5.74, 6) is 3.08. The summed E-state index contributed by atoms with van der Waals surface area (Å²) in [6, 6.07) is 0. The van der Waals surface area contributed by atoms with Gasteiger partial charge in [-0.2, -0.15) is 0 Å². The number of carbonyl (C=O) groups is 2. The Balaban J connectivity index is 1.53. The van der Waals surface area contributed by atoms with E-state index in [1.54, 1.807) is 0 Å². The van der Waals surface area contributed by atoms with E-state index in [0.29, 0.717) is 48.2 Å². The van der Waals surface area contributed by atoms with Gasteiger partial charge in [0.25, 0.3) is 0 Å². The maximum absolute atomic E-state index is 13.4. The fourth-order valence-electron chi connectivity index (χ4n) is 8.53. The van der Waals surface area contributed by atoms with Crippen LogP contribution in [-0.2, 0) is 14.3 Å². The molecule has 4 aliphatic carbocycles. The molecule has 0 aromatic carbocycles. The third kappa shape index (κ3) is 3.38. The molecule has 4 nitrogen and oxygen atoms in total. The van der Waals surface area contributed by atoms with E-state index in [4.69, 9.17) is 4.74 Å². The number of hydrogen-bond acceptors (Lipinski definition) is 4. The van der Waals surface area contributed by atoms with Crippen LogP contribution in [0.2, 0.25) is 0 Å². The summed E-state index contributed by atoms with van der Waals surface area (Å²) in [7, 11) is 1.47. The first-order chi connectivity index (χ1) is 13.7. The van der Waals surface area contributed by atoms with Gasteiger partial charge in [0.05, 0.1) is 13.2 Å². The molecule has 1 N–H and O–H groups in total. The Kier molecular flexibility index (Phi) is 5.63. The van der Waals surface area contributed by atoms with Crippen molar-refractivity contribution in [1.29, 1.82) is 0 Å². The molecule has 29 heavy (non-hydrogen) atoms. The zero-order chi connectivity index (χ0) is 21.0. The third-order valence-electron chi connectivity index (χ3n) is 10.2. The lowest BCUT2D eigenvalue weighted by Crippen LogP contribution is -2.57. The maximum atomic E-state index is 13.4. The van der Waals surface area contributed by atoms with E-state index in [9.17, 15) is 14.7 Å². The first-order valence-electron chi connectivity index (χ1n) is 12.0. The average Bonchev–Trinajstić information content (AvgIpc) is 3.04. The van der Waals surface area contributed by atoms with Crippen LogP contribution >= 0.6 is 0 Å². The molecule has 0 aromatic heterocycles. The third-order valence-corrected chi connectivity index (χ3v) is 10.2. The van der Waals surface area contributed by atoms with Gasteiger partial charge in [-0.3, -0.25) is 9.59 Å². The van der Waals surface area contributed by atoms with Gasteiger partial charge in [-0.25, -0.2) is 0 Å². The number of ether oxygens (including phenoxy) is 1. The number of Topliss-reactive ketones (excluding diaryl/α,β-unsaturated/α-hetero) is 1. The van der Waals surface area contributed by atoms with Crippen LogP contribution in [0.5, 0.6) is 0 Å². The van der Waals surface area contributed by atoms with Crippen LogP contribution in [0, 0.1) is 46.3 Å². The number of aliphatic hydroxyl groups is 1. The van der Waals surface area contributed by atoms with Crippen LogP contribution in [0.4, 0.5) is 0 Å². The van der Waals surface area contributed by atoms with Gasteiger partial charge in [0, 0.05) is 18.8 Å². The van der Waals surface area contributed by atoms with Crippen LogP contribution in [0.25, 0.3) is 0 Å². The number of hydrogen-bond donors (Lipinski definition) is 1. The molecule has 0 heterocycles. The second kappa shape index (κ2) is 7.66. The minimum Gasteiger partial charge on any atom is -0.469 e. The Hall–Kier alpha value is -0.900. The molecular weight excluding hydrogens is 364 g/mol. The summed E-state index contributed by atoms with van der Waals surface area (Å²) in [6.07, 6.45) is 9.40. The molecule has 4 fully saturated rings. The first kappa shape index (κ1) is 21.3. The Morgan fingerprint density at radius 3 is 2.55 bits per heavy atom. The zero-order valence-corrected chi connectivity index (χ0v) is 18.8. The second-order valence-corrected chi connectivity index (χ2v) is 11.4. The summed E-state index contributed by atoms with van der Waals surface area (Å²) in [6.45, 7) is 7.18. The molecule has 0 spiro atoms. The number of aliphatic hydroxyl groups excluding tert-OH is 1. The van der Waals surface area contributed by atoms with E-state index in [0.717, 1.165) is 32.1 Å². The first-order valence-corrected chi connectivity index (χ1v) is 12.0. The van der Waals surface area contributed by atoms with Crippen LogP contribution in [-0.4, -0.2) is 30.1 Å². The van der Waals surface area contributed by atoms with Crippen molar-refractivity contribution in [3.05, 3.63) is 0 Å². The number of esters is 1. The summed E-state index contributed by atoms with van der Waals surface area (Å²) in [5.41, 5.74) is 0.456. The number of carbonyl (C=O) groups excluding carboxylic acids is 2. The minimum atomic E-state index is -0.210. The lowest BCUT2D eigenvalue weighted by atomic mass is 9.44. The molecule has 0 aliphatic heterocycles. The Bertz CT molecular complexity index is 659. The van der Waals surface area contributed by atoms with E-state index in [-0.39, 0.29) is 28.8 Å². The van der Waals surface area contributed by atoms with Crippen molar-refractivity contribution in [3.8, 4) is 0 Å². The molecule has 4 aliphatic rings. The van der Waals surface area contributed by atoms with Crippen molar-refractivity contribution in [2.24, 2.45) is 46.3 Å².